The van der Waals surface area contributed by atoms with Crippen molar-refractivity contribution in [2.75, 3.05) is 0 Å². The van der Waals surface area contributed by atoms with Gasteiger partial charge in [0.05, 0.1) is 5.69 Å². The fourth-order valence-electron chi connectivity index (χ4n) is 3.81. The number of oxazole rings is 1. The fourth-order valence-corrected chi connectivity index (χ4v) is 3.81. The molecular weight excluding hydrogens is 372 g/mol. The van der Waals surface area contributed by atoms with Crippen LogP contribution in [0.4, 0.5) is 0 Å². The van der Waals surface area contributed by atoms with Gasteiger partial charge in [0.15, 0.2) is 16.7 Å². The lowest BCUT2D eigenvalue weighted by atomic mass is 9.87. The first kappa shape index (κ1) is 18.9. The topological polar surface area (TPSA) is 52.1 Å². The average molecular weight is 399 g/mol. The monoisotopic (exact) mass is 398 g/mol. The molecule has 3 aromatic heterocycles. The van der Waals surface area contributed by atoms with Gasteiger partial charge in [-0.2, -0.15) is 0 Å². The molecule has 0 saturated heterocycles. The van der Waals surface area contributed by atoms with Gasteiger partial charge >= 0.3 is 0 Å². The SMILES string of the molecule is CC(C)(C)c1ccnc(-c2cccc3c2oc2c3ccc3oc(C(C)(C)C)nc32)c1. The Balaban J connectivity index is 1.79. The number of rotatable bonds is 1. The Morgan fingerprint density at radius 3 is 2.27 bits per heavy atom. The Morgan fingerprint density at radius 1 is 0.767 bits per heavy atom. The summed E-state index contributed by atoms with van der Waals surface area (Å²) in [7, 11) is 0. The van der Waals surface area contributed by atoms with Gasteiger partial charge in [0.1, 0.15) is 5.58 Å². The molecule has 0 aliphatic heterocycles. The second kappa shape index (κ2) is 6.18. The molecule has 2 aromatic carbocycles. The van der Waals surface area contributed by atoms with E-state index in [-0.39, 0.29) is 10.8 Å². The van der Waals surface area contributed by atoms with Crippen LogP contribution in [-0.4, -0.2) is 9.97 Å². The highest BCUT2D eigenvalue weighted by Crippen LogP contribution is 2.39. The van der Waals surface area contributed by atoms with Crippen LogP contribution < -0.4 is 0 Å². The van der Waals surface area contributed by atoms with Crippen molar-refractivity contribution in [3.63, 3.8) is 0 Å². The number of para-hydroxylation sites is 1. The molecule has 3 heterocycles. The fraction of sp³-hybridized carbons (Fsp3) is 0.308. The van der Waals surface area contributed by atoms with Crippen LogP contribution in [0.1, 0.15) is 53.0 Å². The van der Waals surface area contributed by atoms with E-state index < -0.39 is 0 Å². The lowest BCUT2D eigenvalue weighted by Gasteiger charge is -2.19. The molecule has 0 saturated carbocycles. The zero-order chi connectivity index (χ0) is 21.3. The predicted molar refractivity (Wildman–Crippen MR) is 122 cm³/mol. The number of hydrogen-bond acceptors (Lipinski definition) is 4. The van der Waals surface area contributed by atoms with Crippen molar-refractivity contribution in [3.8, 4) is 11.3 Å². The van der Waals surface area contributed by atoms with Crippen LogP contribution in [0.3, 0.4) is 0 Å². The minimum Gasteiger partial charge on any atom is -0.453 e. The van der Waals surface area contributed by atoms with Crippen molar-refractivity contribution in [3.05, 3.63) is 60.1 Å². The molecule has 0 radical (unpaired) electrons. The van der Waals surface area contributed by atoms with Gasteiger partial charge in [0.25, 0.3) is 0 Å². The first-order valence-corrected chi connectivity index (χ1v) is 10.3. The molecule has 0 aliphatic rings. The molecule has 152 valence electrons. The Hall–Kier alpha value is -3.14. The van der Waals surface area contributed by atoms with Crippen LogP contribution in [0.25, 0.3) is 44.3 Å². The maximum Gasteiger partial charge on any atom is 0.200 e. The molecule has 0 atom stereocenters. The van der Waals surface area contributed by atoms with Crippen LogP contribution in [0.15, 0.2) is 57.5 Å². The second-order valence-corrected chi connectivity index (χ2v) is 10.0. The van der Waals surface area contributed by atoms with Gasteiger partial charge in [-0.05, 0) is 41.3 Å². The van der Waals surface area contributed by atoms with Crippen LogP contribution in [0.2, 0.25) is 0 Å². The lowest BCUT2D eigenvalue weighted by molar-refractivity contribution is 0.411. The molecule has 30 heavy (non-hydrogen) atoms. The molecule has 5 aromatic rings. The summed E-state index contributed by atoms with van der Waals surface area (Å²) in [6.45, 7) is 12.9. The summed E-state index contributed by atoms with van der Waals surface area (Å²) in [5.41, 5.74) is 6.16. The van der Waals surface area contributed by atoms with Gasteiger partial charge < -0.3 is 8.83 Å². The zero-order valence-electron chi connectivity index (χ0n) is 18.3. The van der Waals surface area contributed by atoms with Crippen molar-refractivity contribution in [2.24, 2.45) is 0 Å². The highest BCUT2D eigenvalue weighted by molar-refractivity contribution is 6.15. The van der Waals surface area contributed by atoms with Crippen LogP contribution in [0, 0.1) is 0 Å². The van der Waals surface area contributed by atoms with E-state index >= 15 is 0 Å². The van der Waals surface area contributed by atoms with Crippen molar-refractivity contribution in [1.82, 2.24) is 9.97 Å². The first-order chi connectivity index (χ1) is 14.1. The number of furan rings is 1. The highest BCUT2D eigenvalue weighted by atomic mass is 16.4. The maximum absolute atomic E-state index is 6.44. The van der Waals surface area contributed by atoms with E-state index in [0.29, 0.717) is 5.89 Å². The smallest absolute Gasteiger partial charge is 0.200 e. The van der Waals surface area contributed by atoms with Crippen molar-refractivity contribution in [1.29, 1.82) is 0 Å². The number of pyridine rings is 1. The molecule has 0 spiro atoms. The maximum atomic E-state index is 6.44. The molecule has 0 aliphatic carbocycles. The third kappa shape index (κ3) is 2.90. The third-order valence-electron chi connectivity index (χ3n) is 5.57. The van der Waals surface area contributed by atoms with Gasteiger partial charge in [-0.15, -0.1) is 0 Å². The number of aromatic nitrogens is 2. The molecule has 0 amide bonds. The minimum atomic E-state index is -0.167. The molecule has 0 fully saturated rings. The number of nitrogens with zero attached hydrogens (tertiary/aromatic N) is 2. The van der Waals surface area contributed by atoms with E-state index in [9.17, 15) is 0 Å². The van der Waals surface area contributed by atoms with Crippen molar-refractivity contribution >= 4 is 33.0 Å². The van der Waals surface area contributed by atoms with Crippen LogP contribution >= 0.6 is 0 Å². The normalized spacial score (nSPS) is 13.0. The van der Waals surface area contributed by atoms with E-state index in [1.54, 1.807) is 0 Å². The molecule has 0 N–H and O–H groups in total. The van der Waals surface area contributed by atoms with Crippen molar-refractivity contribution in [2.45, 2.75) is 52.4 Å². The summed E-state index contributed by atoms with van der Waals surface area (Å²) in [6, 6.07) is 14.5. The Morgan fingerprint density at radius 2 is 1.53 bits per heavy atom. The highest BCUT2D eigenvalue weighted by Gasteiger charge is 2.24. The van der Waals surface area contributed by atoms with E-state index in [4.69, 9.17) is 13.8 Å². The summed E-state index contributed by atoms with van der Waals surface area (Å²) in [5.74, 6) is 0.713. The summed E-state index contributed by atoms with van der Waals surface area (Å²) >= 11 is 0. The standard InChI is InChI=1S/C26H26N2O2/c1-25(2,3)15-12-13-27-19(14-15)18-9-7-8-16-17-10-11-20-21(23(17)30-22(16)18)28-24(29-20)26(4,5)6/h7-14H,1-6H3. The number of benzene rings is 2. The first-order valence-electron chi connectivity index (χ1n) is 10.3. The third-order valence-corrected chi connectivity index (χ3v) is 5.57. The summed E-state index contributed by atoms with van der Waals surface area (Å²) in [5, 5.41) is 2.10. The Bertz CT molecular complexity index is 1410. The lowest BCUT2D eigenvalue weighted by Crippen LogP contribution is -2.11. The van der Waals surface area contributed by atoms with Gasteiger partial charge in [-0.3, -0.25) is 4.98 Å². The summed E-state index contributed by atoms with van der Waals surface area (Å²) in [4.78, 5) is 9.43. The van der Waals surface area contributed by atoms with Crippen LogP contribution in [0.5, 0.6) is 0 Å². The minimum absolute atomic E-state index is 0.0513. The average Bonchev–Trinajstić information content (AvgIpc) is 3.28. The summed E-state index contributed by atoms with van der Waals surface area (Å²) < 4.78 is 12.5. The predicted octanol–water partition coefficient (Wildman–Crippen LogP) is 7.38. The van der Waals surface area contributed by atoms with Gasteiger partial charge in [0, 0.05) is 27.9 Å². The van der Waals surface area contributed by atoms with Gasteiger partial charge in [-0.25, -0.2) is 4.98 Å². The van der Waals surface area contributed by atoms with E-state index in [0.717, 1.165) is 44.3 Å². The molecular formula is C26H26N2O2. The molecule has 0 unspecified atom stereocenters. The number of hydrogen-bond donors (Lipinski definition) is 0. The van der Waals surface area contributed by atoms with Crippen molar-refractivity contribution < 1.29 is 8.83 Å². The molecule has 4 heteroatoms. The molecule has 4 nitrogen and oxygen atoms in total. The Kier molecular flexibility index (Phi) is 3.88. The Labute approximate surface area is 175 Å². The van der Waals surface area contributed by atoms with Gasteiger partial charge in [-0.1, -0.05) is 53.7 Å². The summed E-state index contributed by atoms with van der Waals surface area (Å²) in [6.07, 6.45) is 1.88. The molecule has 0 bridgehead atoms. The molecule has 5 rings (SSSR count). The zero-order valence-corrected chi connectivity index (χ0v) is 18.3. The van der Waals surface area contributed by atoms with Gasteiger partial charge in [0.2, 0.25) is 5.89 Å². The van der Waals surface area contributed by atoms with E-state index in [2.05, 4.69) is 82.9 Å². The van der Waals surface area contributed by atoms with E-state index in [1.807, 2.05) is 12.3 Å². The number of fused-ring (bicyclic) bond motifs is 5. The van der Waals surface area contributed by atoms with Crippen LogP contribution in [-0.2, 0) is 10.8 Å². The second-order valence-electron chi connectivity index (χ2n) is 10.0. The van der Waals surface area contributed by atoms with E-state index in [1.165, 1.54) is 5.56 Å². The largest absolute Gasteiger partial charge is 0.453 e. The quantitative estimate of drug-likeness (QED) is 0.295.